The van der Waals surface area contributed by atoms with Crippen LogP contribution >= 0.6 is 11.6 Å². The van der Waals surface area contributed by atoms with Crippen molar-refractivity contribution in [1.29, 1.82) is 0 Å². The summed E-state index contributed by atoms with van der Waals surface area (Å²) in [6, 6.07) is 0.280. The summed E-state index contributed by atoms with van der Waals surface area (Å²) >= 11 is 5.70. The second-order valence-corrected chi connectivity index (χ2v) is 3.73. The topological polar surface area (TPSA) is 77.2 Å². The van der Waals surface area contributed by atoms with Crippen molar-refractivity contribution in [3.8, 4) is 0 Å². The summed E-state index contributed by atoms with van der Waals surface area (Å²) in [5, 5.41) is 0.114. The fraction of sp³-hybridized carbons (Fsp3) is 0.625. The monoisotopic (exact) mass is 229 g/mol. The van der Waals surface area contributed by atoms with Gasteiger partial charge in [0.2, 0.25) is 17.2 Å². The fourth-order valence-corrected chi connectivity index (χ4v) is 1.67. The zero-order valence-electron chi connectivity index (χ0n) is 8.35. The van der Waals surface area contributed by atoms with Gasteiger partial charge in [-0.1, -0.05) is 0 Å². The minimum absolute atomic E-state index is 0.114. The van der Waals surface area contributed by atoms with E-state index in [1.165, 1.54) is 0 Å². The standard InChI is InChI=1S/C8H12ClN5O/c1-14(5-2-3-15-4-5)8-12-6(9)11-7(10)13-8/h5H,2-4H2,1H3,(H2,10,11,12,13). The van der Waals surface area contributed by atoms with Gasteiger partial charge in [0.05, 0.1) is 12.6 Å². The summed E-state index contributed by atoms with van der Waals surface area (Å²) in [4.78, 5) is 13.7. The van der Waals surface area contributed by atoms with Crippen molar-refractivity contribution >= 4 is 23.5 Å². The minimum Gasteiger partial charge on any atom is -0.379 e. The van der Waals surface area contributed by atoms with E-state index in [2.05, 4.69) is 15.0 Å². The molecule has 1 unspecified atom stereocenters. The molecule has 15 heavy (non-hydrogen) atoms. The van der Waals surface area contributed by atoms with E-state index < -0.39 is 0 Å². The molecule has 1 atom stereocenters. The lowest BCUT2D eigenvalue weighted by atomic mass is 10.2. The molecule has 1 saturated heterocycles. The first kappa shape index (κ1) is 10.4. The Hall–Kier alpha value is -1.14. The van der Waals surface area contributed by atoms with Crippen LogP contribution in [0.25, 0.3) is 0 Å². The molecule has 0 aliphatic carbocycles. The van der Waals surface area contributed by atoms with Crippen LogP contribution in [0.1, 0.15) is 6.42 Å². The fourth-order valence-electron chi connectivity index (χ4n) is 1.50. The number of hydrogen-bond donors (Lipinski definition) is 1. The Balaban J connectivity index is 2.20. The highest BCUT2D eigenvalue weighted by molar-refractivity contribution is 6.28. The molecule has 82 valence electrons. The van der Waals surface area contributed by atoms with Crippen molar-refractivity contribution in [2.45, 2.75) is 12.5 Å². The molecule has 0 radical (unpaired) electrons. The second-order valence-electron chi connectivity index (χ2n) is 3.39. The first-order valence-corrected chi connectivity index (χ1v) is 5.02. The van der Waals surface area contributed by atoms with E-state index in [9.17, 15) is 0 Å². The highest BCUT2D eigenvalue weighted by Crippen LogP contribution is 2.17. The van der Waals surface area contributed by atoms with Crippen molar-refractivity contribution in [2.75, 3.05) is 30.9 Å². The number of nitrogen functional groups attached to an aromatic ring is 1. The van der Waals surface area contributed by atoms with E-state index in [0.29, 0.717) is 12.6 Å². The molecule has 0 bridgehead atoms. The Labute approximate surface area is 92.4 Å². The maximum absolute atomic E-state index is 5.70. The Kier molecular flexibility index (Phi) is 2.88. The lowest BCUT2D eigenvalue weighted by molar-refractivity contribution is 0.193. The van der Waals surface area contributed by atoms with Crippen molar-refractivity contribution in [1.82, 2.24) is 15.0 Å². The number of anilines is 2. The summed E-state index contributed by atoms with van der Waals surface area (Å²) < 4.78 is 5.28. The van der Waals surface area contributed by atoms with Gasteiger partial charge in [-0.15, -0.1) is 0 Å². The first-order chi connectivity index (χ1) is 7.16. The molecule has 0 amide bonds. The summed E-state index contributed by atoms with van der Waals surface area (Å²) in [6.07, 6.45) is 0.958. The van der Waals surface area contributed by atoms with Crippen LogP contribution in [-0.2, 0) is 4.74 Å². The number of rotatable bonds is 2. The number of ether oxygens (including phenoxy) is 1. The molecular formula is C8H12ClN5O. The van der Waals surface area contributed by atoms with Gasteiger partial charge in [0.1, 0.15) is 0 Å². The third-order valence-electron chi connectivity index (χ3n) is 2.38. The van der Waals surface area contributed by atoms with Gasteiger partial charge in [0.15, 0.2) is 0 Å². The third kappa shape index (κ3) is 2.27. The van der Waals surface area contributed by atoms with Gasteiger partial charge in [0.25, 0.3) is 0 Å². The number of halogens is 1. The van der Waals surface area contributed by atoms with E-state index in [4.69, 9.17) is 22.1 Å². The second kappa shape index (κ2) is 4.16. The van der Waals surface area contributed by atoms with Gasteiger partial charge in [-0.3, -0.25) is 0 Å². The Morgan fingerprint density at radius 3 is 2.87 bits per heavy atom. The van der Waals surface area contributed by atoms with Crippen LogP contribution in [0.2, 0.25) is 5.28 Å². The van der Waals surface area contributed by atoms with Crippen LogP contribution in [0.5, 0.6) is 0 Å². The van der Waals surface area contributed by atoms with Gasteiger partial charge in [-0.25, -0.2) is 0 Å². The van der Waals surface area contributed by atoms with E-state index in [1.807, 2.05) is 11.9 Å². The van der Waals surface area contributed by atoms with Crippen LogP contribution in [0, 0.1) is 0 Å². The molecule has 2 heterocycles. The first-order valence-electron chi connectivity index (χ1n) is 4.64. The van der Waals surface area contributed by atoms with Crippen LogP contribution in [0.15, 0.2) is 0 Å². The summed E-state index contributed by atoms with van der Waals surface area (Å²) in [5.74, 6) is 0.624. The molecule has 6 nitrogen and oxygen atoms in total. The van der Waals surface area contributed by atoms with Crippen LogP contribution < -0.4 is 10.6 Å². The summed E-state index contributed by atoms with van der Waals surface area (Å²) in [6.45, 7) is 1.45. The van der Waals surface area contributed by atoms with Crippen LogP contribution in [0.4, 0.5) is 11.9 Å². The smallest absolute Gasteiger partial charge is 0.231 e. The number of hydrogen-bond acceptors (Lipinski definition) is 6. The van der Waals surface area contributed by atoms with Crippen molar-refractivity contribution in [3.05, 3.63) is 5.28 Å². The highest BCUT2D eigenvalue weighted by atomic mass is 35.5. The van der Waals surface area contributed by atoms with E-state index in [-0.39, 0.29) is 17.3 Å². The number of nitrogens with two attached hydrogens (primary N) is 1. The normalized spacial score (nSPS) is 20.5. The van der Waals surface area contributed by atoms with E-state index in [1.54, 1.807) is 0 Å². The molecule has 0 saturated carbocycles. The maximum Gasteiger partial charge on any atom is 0.231 e. The zero-order chi connectivity index (χ0) is 10.8. The summed E-state index contributed by atoms with van der Waals surface area (Å²) in [5.41, 5.74) is 5.49. The molecule has 2 N–H and O–H groups in total. The van der Waals surface area contributed by atoms with Crippen molar-refractivity contribution in [2.24, 2.45) is 0 Å². The SMILES string of the molecule is CN(c1nc(N)nc(Cl)n1)C1CCOC1. The molecule has 7 heteroatoms. The highest BCUT2D eigenvalue weighted by Gasteiger charge is 2.22. The number of nitrogens with zero attached hydrogens (tertiary/aromatic N) is 4. The maximum atomic E-state index is 5.70. The Morgan fingerprint density at radius 1 is 1.47 bits per heavy atom. The molecular weight excluding hydrogens is 218 g/mol. The third-order valence-corrected chi connectivity index (χ3v) is 2.55. The van der Waals surface area contributed by atoms with Gasteiger partial charge >= 0.3 is 0 Å². The van der Waals surface area contributed by atoms with Crippen molar-refractivity contribution < 1.29 is 4.74 Å². The van der Waals surface area contributed by atoms with Crippen LogP contribution in [-0.4, -0.2) is 41.3 Å². The molecule has 0 spiro atoms. The van der Waals surface area contributed by atoms with E-state index in [0.717, 1.165) is 13.0 Å². The largest absolute Gasteiger partial charge is 0.379 e. The molecule has 1 aromatic heterocycles. The number of aromatic nitrogens is 3. The molecule has 2 rings (SSSR count). The van der Waals surface area contributed by atoms with Gasteiger partial charge in [-0.05, 0) is 18.0 Å². The average molecular weight is 230 g/mol. The van der Waals surface area contributed by atoms with Crippen molar-refractivity contribution in [3.63, 3.8) is 0 Å². The average Bonchev–Trinajstić information content (AvgIpc) is 2.67. The predicted molar refractivity (Wildman–Crippen MR) is 56.9 cm³/mol. The predicted octanol–water partition coefficient (Wildman–Crippen LogP) is 0.332. The van der Waals surface area contributed by atoms with Gasteiger partial charge in [0, 0.05) is 13.7 Å². The summed E-state index contributed by atoms with van der Waals surface area (Å²) in [7, 11) is 1.89. The molecule has 1 aromatic rings. The molecule has 1 fully saturated rings. The zero-order valence-corrected chi connectivity index (χ0v) is 9.11. The Bertz CT molecular complexity index is 335. The quantitative estimate of drug-likeness (QED) is 0.788. The van der Waals surface area contributed by atoms with Gasteiger partial charge in [-0.2, -0.15) is 15.0 Å². The molecule has 1 aliphatic heterocycles. The molecule has 0 aromatic carbocycles. The van der Waals surface area contributed by atoms with E-state index >= 15 is 0 Å². The Morgan fingerprint density at radius 2 is 2.27 bits per heavy atom. The number of likely N-dealkylation sites (N-methyl/N-ethyl adjacent to an activating group) is 1. The minimum atomic E-state index is 0.114. The lowest BCUT2D eigenvalue weighted by Gasteiger charge is -2.22. The van der Waals surface area contributed by atoms with Gasteiger partial charge < -0.3 is 15.4 Å². The molecule has 1 aliphatic rings. The van der Waals surface area contributed by atoms with Crippen LogP contribution in [0.3, 0.4) is 0 Å². The lowest BCUT2D eigenvalue weighted by Crippen LogP contribution is -2.33.